The molecule has 20 heavy (non-hydrogen) atoms. The molecule has 3 N–H and O–H groups in total. The number of hydrogen-bond acceptors (Lipinski definition) is 3. The van der Waals surface area contributed by atoms with E-state index in [1.807, 2.05) is 25.1 Å². The third-order valence-corrected chi connectivity index (χ3v) is 3.03. The van der Waals surface area contributed by atoms with Gasteiger partial charge in [-0.05, 0) is 24.6 Å². The normalized spacial score (nSPS) is 12.3. The molecule has 1 aromatic carbocycles. The largest absolute Gasteiger partial charge is 0.479 e. The van der Waals surface area contributed by atoms with Gasteiger partial charge < -0.3 is 20.1 Å². The van der Waals surface area contributed by atoms with Gasteiger partial charge in [-0.2, -0.15) is 0 Å². The highest BCUT2D eigenvalue weighted by molar-refractivity contribution is 5.98. The molecular formula is C14H16N2O4. The fourth-order valence-corrected chi connectivity index (χ4v) is 1.92. The van der Waals surface area contributed by atoms with E-state index in [4.69, 9.17) is 9.84 Å². The molecule has 0 radical (unpaired) electrons. The zero-order valence-electron chi connectivity index (χ0n) is 11.3. The molecule has 0 bridgehead atoms. The van der Waals surface area contributed by atoms with Gasteiger partial charge in [-0.1, -0.05) is 12.1 Å². The monoisotopic (exact) mass is 276 g/mol. The van der Waals surface area contributed by atoms with Crippen LogP contribution in [0.3, 0.4) is 0 Å². The number of H-pyrrole nitrogens is 1. The molecule has 1 heterocycles. The van der Waals surface area contributed by atoms with Crippen molar-refractivity contribution in [1.82, 2.24) is 10.3 Å². The number of carbonyl (C=O) groups is 2. The minimum atomic E-state index is -1.11. The highest BCUT2D eigenvalue weighted by Gasteiger charge is 2.18. The van der Waals surface area contributed by atoms with Gasteiger partial charge in [0, 0.05) is 18.0 Å². The molecule has 1 atom stereocenters. The Hall–Kier alpha value is -2.34. The number of aryl methyl sites for hydroxylation is 1. The number of ether oxygens (including phenoxy) is 1. The van der Waals surface area contributed by atoms with E-state index in [0.29, 0.717) is 5.69 Å². The molecule has 0 spiro atoms. The molecule has 106 valence electrons. The lowest BCUT2D eigenvalue weighted by Gasteiger charge is -2.10. The molecule has 1 amide bonds. The van der Waals surface area contributed by atoms with Gasteiger partial charge in [0.1, 0.15) is 5.69 Å². The maximum Gasteiger partial charge on any atom is 0.334 e. The summed E-state index contributed by atoms with van der Waals surface area (Å²) in [5.41, 5.74) is 2.36. The van der Waals surface area contributed by atoms with Crippen molar-refractivity contribution >= 4 is 22.8 Å². The average molecular weight is 276 g/mol. The van der Waals surface area contributed by atoms with Crippen LogP contribution in [0.5, 0.6) is 0 Å². The van der Waals surface area contributed by atoms with Crippen LogP contribution in [0, 0.1) is 6.92 Å². The Labute approximate surface area is 115 Å². The van der Waals surface area contributed by atoms with Crippen LogP contribution in [-0.4, -0.2) is 41.7 Å². The predicted octanol–water partition coefficient (Wildman–Crippen LogP) is 1.31. The number of aliphatic carboxylic acids is 1. The number of carboxylic acids is 1. The number of carboxylic acid groups (broad SMARTS) is 1. The SMILES string of the molecule is COC(CNC(=O)c1cc2ccc(C)cc2[nH]1)C(=O)O. The lowest BCUT2D eigenvalue weighted by Crippen LogP contribution is -2.37. The highest BCUT2D eigenvalue weighted by atomic mass is 16.5. The Balaban J connectivity index is 2.09. The number of aromatic amines is 1. The summed E-state index contributed by atoms with van der Waals surface area (Å²) >= 11 is 0. The molecule has 6 nitrogen and oxygen atoms in total. The van der Waals surface area contributed by atoms with E-state index in [1.165, 1.54) is 7.11 Å². The van der Waals surface area contributed by atoms with E-state index in [1.54, 1.807) is 6.07 Å². The second-order valence-electron chi connectivity index (χ2n) is 4.55. The number of nitrogens with one attached hydrogen (secondary N) is 2. The summed E-state index contributed by atoms with van der Waals surface area (Å²) in [5, 5.41) is 12.3. The number of rotatable bonds is 5. The molecule has 0 saturated carbocycles. The number of hydrogen-bond donors (Lipinski definition) is 3. The van der Waals surface area contributed by atoms with Crippen LogP contribution in [0.4, 0.5) is 0 Å². The van der Waals surface area contributed by atoms with Gasteiger partial charge in [-0.15, -0.1) is 0 Å². The predicted molar refractivity (Wildman–Crippen MR) is 73.8 cm³/mol. The number of carbonyl (C=O) groups excluding carboxylic acids is 1. The molecule has 0 aliphatic carbocycles. The molecule has 1 aromatic heterocycles. The van der Waals surface area contributed by atoms with Crippen LogP contribution in [-0.2, 0) is 9.53 Å². The van der Waals surface area contributed by atoms with Gasteiger partial charge in [-0.3, -0.25) is 4.79 Å². The van der Waals surface area contributed by atoms with E-state index in [9.17, 15) is 9.59 Å². The molecule has 0 saturated heterocycles. The number of fused-ring (bicyclic) bond motifs is 1. The van der Waals surface area contributed by atoms with Gasteiger partial charge in [0.05, 0.1) is 6.54 Å². The van der Waals surface area contributed by atoms with Crippen molar-refractivity contribution in [2.24, 2.45) is 0 Å². The lowest BCUT2D eigenvalue weighted by molar-refractivity contribution is -0.148. The topological polar surface area (TPSA) is 91.4 Å². The first-order valence-electron chi connectivity index (χ1n) is 6.14. The quantitative estimate of drug-likeness (QED) is 0.767. The van der Waals surface area contributed by atoms with Crippen molar-refractivity contribution in [3.63, 3.8) is 0 Å². The number of methoxy groups -OCH3 is 1. The summed E-state index contributed by atoms with van der Waals surface area (Å²) in [6.45, 7) is 1.88. The first kappa shape index (κ1) is 14.1. The van der Waals surface area contributed by atoms with Crippen LogP contribution >= 0.6 is 0 Å². The minimum absolute atomic E-state index is 0.0843. The first-order valence-corrected chi connectivity index (χ1v) is 6.14. The molecule has 0 aliphatic rings. The third-order valence-electron chi connectivity index (χ3n) is 3.03. The Morgan fingerprint density at radius 2 is 2.15 bits per heavy atom. The van der Waals surface area contributed by atoms with E-state index >= 15 is 0 Å². The van der Waals surface area contributed by atoms with Gasteiger partial charge in [0.2, 0.25) is 0 Å². The number of amides is 1. The van der Waals surface area contributed by atoms with Crippen LogP contribution in [0.2, 0.25) is 0 Å². The number of benzene rings is 1. The molecule has 2 aromatic rings. The maximum atomic E-state index is 12.0. The van der Waals surface area contributed by atoms with E-state index in [0.717, 1.165) is 16.5 Å². The Bertz CT molecular complexity index is 648. The van der Waals surface area contributed by atoms with Crippen molar-refractivity contribution in [3.05, 3.63) is 35.5 Å². The third kappa shape index (κ3) is 2.97. The van der Waals surface area contributed by atoms with Crippen LogP contribution in [0.15, 0.2) is 24.3 Å². The Morgan fingerprint density at radius 1 is 1.40 bits per heavy atom. The first-order chi connectivity index (χ1) is 9.51. The van der Waals surface area contributed by atoms with Gasteiger partial charge in [0.25, 0.3) is 5.91 Å². The molecule has 1 unspecified atom stereocenters. The van der Waals surface area contributed by atoms with Crippen molar-refractivity contribution in [1.29, 1.82) is 0 Å². The van der Waals surface area contributed by atoms with Crippen LogP contribution in [0.25, 0.3) is 10.9 Å². The standard InChI is InChI=1S/C14H16N2O4/c1-8-3-4-9-6-11(16-10(9)5-8)13(17)15-7-12(20-2)14(18)19/h3-6,12,16H,7H2,1-2H3,(H,15,17)(H,18,19). The maximum absolute atomic E-state index is 12.0. The van der Waals surface area contributed by atoms with Gasteiger partial charge in [-0.25, -0.2) is 4.79 Å². The van der Waals surface area contributed by atoms with E-state index in [-0.39, 0.29) is 12.5 Å². The summed E-state index contributed by atoms with van der Waals surface area (Å²) in [5.74, 6) is -1.47. The highest BCUT2D eigenvalue weighted by Crippen LogP contribution is 2.16. The van der Waals surface area contributed by atoms with E-state index < -0.39 is 12.1 Å². The average Bonchev–Trinajstić information content (AvgIpc) is 2.81. The second-order valence-corrected chi connectivity index (χ2v) is 4.55. The minimum Gasteiger partial charge on any atom is -0.479 e. The number of aromatic nitrogens is 1. The summed E-state index contributed by atoms with van der Waals surface area (Å²) in [7, 11) is 1.29. The Morgan fingerprint density at radius 3 is 2.80 bits per heavy atom. The zero-order chi connectivity index (χ0) is 14.7. The van der Waals surface area contributed by atoms with Crippen molar-refractivity contribution < 1.29 is 19.4 Å². The fraction of sp³-hybridized carbons (Fsp3) is 0.286. The molecule has 0 fully saturated rings. The summed E-state index contributed by atoms with van der Waals surface area (Å²) < 4.78 is 4.75. The molecular weight excluding hydrogens is 260 g/mol. The fourth-order valence-electron chi connectivity index (χ4n) is 1.92. The van der Waals surface area contributed by atoms with Crippen LogP contribution in [0.1, 0.15) is 16.1 Å². The summed E-state index contributed by atoms with van der Waals surface area (Å²) in [6, 6.07) is 7.56. The van der Waals surface area contributed by atoms with E-state index in [2.05, 4.69) is 10.3 Å². The van der Waals surface area contributed by atoms with Crippen molar-refractivity contribution in [2.45, 2.75) is 13.0 Å². The molecule has 0 aliphatic heterocycles. The lowest BCUT2D eigenvalue weighted by atomic mass is 10.2. The smallest absolute Gasteiger partial charge is 0.334 e. The second kappa shape index (κ2) is 5.75. The summed E-state index contributed by atoms with van der Waals surface area (Å²) in [4.78, 5) is 25.7. The van der Waals surface area contributed by atoms with Crippen molar-refractivity contribution in [3.8, 4) is 0 Å². The van der Waals surface area contributed by atoms with Crippen molar-refractivity contribution in [2.75, 3.05) is 13.7 Å². The Kier molecular flexibility index (Phi) is 4.05. The molecule has 6 heteroatoms. The molecule has 2 rings (SSSR count). The van der Waals surface area contributed by atoms with Crippen LogP contribution < -0.4 is 5.32 Å². The summed E-state index contributed by atoms with van der Waals surface area (Å²) in [6.07, 6.45) is -1.05. The van der Waals surface area contributed by atoms with Gasteiger partial charge in [0.15, 0.2) is 6.10 Å². The zero-order valence-corrected chi connectivity index (χ0v) is 11.3. The van der Waals surface area contributed by atoms with Gasteiger partial charge >= 0.3 is 5.97 Å².